The predicted molar refractivity (Wildman–Crippen MR) is 70.8 cm³/mol. The number of anilines is 1. The van der Waals surface area contributed by atoms with Crippen molar-refractivity contribution in [3.63, 3.8) is 0 Å². The molecule has 5 nitrogen and oxygen atoms in total. The Balaban J connectivity index is 1.93. The molecule has 1 aromatic rings. The van der Waals surface area contributed by atoms with Gasteiger partial charge < -0.3 is 10.0 Å². The van der Waals surface area contributed by atoms with Crippen molar-refractivity contribution < 1.29 is 9.90 Å². The van der Waals surface area contributed by atoms with E-state index in [4.69, 9.17) is 10.4 Å². The second kappa shape index (κ2) is 6.19. The fourth-order valence-corrected chi connectivity index (χ4v) is 2.53. The molecule has 100 valence electrons. The number of hydrogen-bond donors (Lipinski definition) is 1. The van der Waals surface area contributed by atoms with Crippen LogP contribution in [0, 0.1) is 17.2 Å². The fraction of sp³-hybridized carbons (Fsp3) is 0.500. The van der Waals surface area contributed by atoms with Crippen molar-refractivity contribution in [1.82, 2.24) is 4.98 Å². The van der Waals surface area contributed by atoms with Crippen LogP contribution in [-0.2, 0) is 4.79 Å². The van der Waals surface area contributed by atoms with E-state index in [2.05, 4.69) is 16.0 Å². The molecule has 2 rings (SSSR count). The Kier molecular flexibility index (Phi) is 4.35. The van der Waals surface area contributed by atoms with Gasteiger partial charge in [0.25, 0.3) is 0 Å². The van der Waals surface area contributed by atoms with Crippen molar-refractivity contribution >= 4 is 11.7 Å². The number of carboxylic acids is 1. The number of rotatable bonds is 4. The summed E-state index contributed by atoms with van der Waals surface area (Å²) in [5.74, 6) is -0.240. The summed E-state index contributed by atoms with van der Waals surface area (Å²) in [7, 11) is 0. The molecule has 0 radical (unpaired) electrons. The van der Waals surface area contributed by atoms with Gasteiger partial charge in [0.15, 0.2) is 5.69 Å². The molecule has 1 aromatic heterocycles. The van der Waals surface area contributed by atoms with Crippen LogP contribution >= 0.6 is 0 Å². The third-order valence-electron chi connectivity index (χ3n) is 3.61. The van der Waals surface area contributed by atoms with Crippen LogP contribution in [0.2, 0.25) is 0 Å². The molecule has 0 aliphatic carbocycles. The second-order valence-electron chi connectivity index (χ2n) is 4.85. The minimum absolute atomic E-state index is 0.251. The third-order valence-corrected chi connectivity index (χ3v) is 3.61. The highest BCUT2D eigenvalue weighted by molar-refractivity contribution is 5.66. The van der Waals surface area contributed by atoms with Crippen LogP contribution in [0.4, 0.5) is 5.69 Å². The van der Waals surface area contributed by atoms with E-state index < -0.39 is 5.97 Å². The number of nitriles is 1. The first-order valence-corrected chi connectivity index (χ1v) is 6.52. The summed E-state index contributed by atoms with van der Waals surface area (Å²) in [5, 5.41) is 17.7. The lowest BCUT2D eigenvalue weighted by Crippen LogP contribution is -2.34. The summed E-state index contributed by atoms with van der Waals surface area (Å²) in [6.07, 6.45) is 4.59. The zero-order valence-corrected chi connectivity index (χ0v) is 10.7. The Morgan fingerprint density at radius 3 is 2.89 bits per heavy atom. The Bertz CT molecular complexity index is 488. The van der Waals surface area contributed by atoms with E-state index in [0.29, 0.717) is 11.6 Å². The molecule has 0 aromatic carbocycles. The molecule has 0 spiro atoms. The van der Waals surface area contributed by atoms with Crippen molar-refractivity contribution in [2.24, 2.45) is 5.92 Å². The largest absolute Gasteiger partial charge is 0.481 e. The molecular formula is C14H17N3O2. The number of pyridine rings is 1. The van der Waals surface area contributed by atoms with Crippen LogP contribution in [0.1, 0.15) is 31.4 Å². The normalized spacial score (nSPS) is 16.1. The predicted octanol–water partition coefficient (Wildman–Crippen LogP) is 2.03. The molecular weight excluding hydrogens is 242 g/mol. The minimum atomic E-state index is -0.721. The van der Waals surface area contributed by atoms with Gasteiger partial charge in [0.05, 0.1) is 5.69 Å². The third kappa shape index (κ3) is 3.44. The zero-order chi connectivity index (χ0) is 13.7. The highest BCUT2D eigenvalue weighted by Gasteiger charge is 2.21. The SMILES string of the molecule is N#Cc1ncccc1N1CCC(CCC(=O)O)CC1. The zero-order valence-electron chi connectivity index (χ0n) is 10.7. The van der Waals surface area contributed by atoms with E-state index in [0.717, 1.165) is 38.0 Å². The minimum Gasteiger partial charge on any atom is -0.481 e. The molecule has 0 unspecified atom stereocenters. The molecule has 1 fully saturated rings. The number of nitrogens with zero attached hydrogens (tertiary/aromatic N) is 3. The first kappa shape index (κ1) is 13.3. The van der Waals surface area contributed by atoms with Gasteiger partial charge in [-0.2, -0.15) is 5.26 Å². The molecule has 1 aliphatic heterocycles. The number of piperidine rings is 1. The Labute approximate surface area is 112 Å². The van der Waals surface area contributed by atoms with Crippen LogP contribution in [-0.4, -0.2) is 29.1 Å². The molecule has 0 atom stereocenters. The Morgan fingerprint density at radius 1 is 1.53 bits per heavy atom. The molecule has 0 amide bonds. The van der Waals surface area contributed by atoms with Crippen LogP contribution in [0.3, 0.4) is 0 Å². The second-order valence-corrected chi connectivity index (χ2v) is 4.85. The summed E-state index contributed by atoms with van der Waals surface area (Å²) in [6, 6.07) is 5.87. The lowest BCUT2D eigenvalue weighted by molar-refractivity contribution is -0.137. The van der Waals surface area contributed by atoms with E-state index >= 15 is 0 Å². The van der Waals surface area contributed by atoms with E-state index in [9.17, 15) is 4.79 Å². The molecule has 1 saturated heterocycles. The quantitative estimate of drug-likeness (QED) is 0.895. The van der Waals surface area contributed by atoms with Crippen molar-refractivity contribution in [3.05, 3.63) is 24.0 Å². The number of aliphatic carboxylic acids is 1. The monoisotopic (exact) mass is 259 g/mol. The van der Waals surface area contributed by atoms with Crippen molar-refractivity contribution in [3.8, 4) is 6.07 Å². The highest BCUT2D eigenvalue weighted by Crippen LogP contribution is 2.27. The first-order valence-electron chi connectivity index (χ1n) is 6.52. The Hall–Kier alpha value is -2.09. The lowest BCUT2D eigenvalue weighted by atomic mass is 9.92. The van der Waals surface area contributed by atoms with Gasteiger partial charge in [0.2, 0.25) is 0 Å². The van der Waals surface area contributed by atoms with E-state index in [-0.39, 0.29) is 6.42 Å². The smallest absolute Gasteiger partial charge is 0.303 e. The molecule has 2 heterocycles. The molecule has 0 saturated carbocycles. The average molecular weight is 259 g/mol. The van der Waals surface area contributed by atoms with Gasteiger partial charge in [-0.05, 0) is 37.3 Å². The number of carboxylic acid groups (broad SMARTS) is 1. The standard InChI is InChI=1S/C14H17N3O2/c15-10-12-13(2-1-7-16-12)17-8-5-11(6-9-17)3-4-14(18)19/h1-2,7,11H,3-6,8-9H2,(H,18,19). The number of hydrogen-bond acceptors (Lipinski definition) is 4. The van der Waals surface area contributed by atoms with Crippen molar-refractivity contribution in [2.75, 3.05) is 18.0 Å². The molecule has 1 N–H and O–H groups in total. The van der Waals surface area contributed by atoms with E-state index in [1.54, 1.807) is 6.20 Å². The topological polar surface area (TPSA) is 77.2 Å². The summed E-state index contributed by atoms with van der Waals surface area (Å²) >= 11 is 0. The van der Waals surface area contributed by atoms with E-state index in [1.807, 2.05) is 12.1 Å². The Morgan fingerprint density at radius 2 is 2.26 bits per heavy atom. The maximum Gasteiger partial charge on any atom is 0.303 e. The van der Waals surface area contributed by atoms with Gasteiger partial charge in [-0.1, -0.05) is 0 Å². The molecule has 19 heavy (non-hydrogen) atoms. The van der Waals surface area contributed by atoms with Gasteiger partial charge in [0.1, 0.15) is 6.07 Å². The molecule has 0 bridgehead atoms. The van der Waals surface area contributed by atoms with Crippen LogP contribution in [0.25, 0.3) is 0 Å². The van der Waals surface area contributed by atoms with Gasteiger partial charge in [-0.3, -0.25) is 4.79 Å². The van der Waals surface area contributed by atoms with Gasteiger partial charge in [0, 0.05) is 25.7 Å². The fourth-order valence-electron chi connectivity index (χ4n) is 2.53. The van der Waals surface area contributed by atoms with Crippen molar-refractivity contribution in [1.29, 1.82) is 5.26 Å². The summed E-state index contributed by atoms with van der Waals surface area (Å²) in [5.41, 5.74) is 1.35. The summed E-state index contributed by atoms with van der Waals surface area (Å²) < 4.78 is 0. The van der Waals surface area contributed by atoms with Gasteiger partial charge in [-0.15, -0.1) is 0 Å². The number of aromatic nitrogens is 1. The van der Waals surface area contributed by atoms with Gasteiger partial charge >= 0.3 is 5.97 Å². The summed E-state index contributed by atoms with van der Waals surface area (Å²) in [4.78, 5) is 16.8. The van der Waals surface area contributed by atoms with Crippen LogP contribution in [0.5, 0.6) is 0 Å². The lowest BCUT2D eigenvalue weighted by Gasteiger charge is -2.33. The number of carbonyl (C=O) groups is 1. The molecule has 5 heteroatoms. The highest BCUT2D eigenvalue weighted by atomic mass is 16.4. The summed E-state index contributed by atoms with van der Waals surface area (Å²) in [6.45, 7) is 1.73. The molecule has 1 aliphatic rings. The van der Waals surface area contributed by atoms with Crippen molar-refractivity contribution in [2.45, 2.75) is 25.7 Å². The van der Waals surface area contributed by atoms with Crippen LogP contribution < -0.4 is 4.90 Å². The van der Waals surface area contributed by atoms with Crippen LogP contribution in [0.15, 0.2) is 18.3 Å². The average Bonchev–Trinajstić information content (AvgIpc) is 2.45. The van der Waals surface area contributed by atoms with E-state index in [1.165, 1.54) is 0 Å². The van der Waals surface area contributed by atoms with Gasteiger partial charge in [-0.25, -0.2) is 4.98 Å². The maximum atomic E-state index is 10.6. The maximum absolute atomic E-state index is 10.6. The first-order chi connectivity index (χ1) is 9.20.